The number of aromatic nitrogens is 1. The summed E-state index contributed by atoms with van der Waals surface area (Å²) in [5.74, 6) is 0.603. The van der Waals surface area contributed by atoms with Gasteiger partial charge >= 0.3 is 0 Å². The van der Waals surface area contributed by atoms with E-state index < -0.39 is 10.0 Å². The second-order valence-corrected chi connectivity index (χ2v) is 9.11. The quantitative estimate of drug-likeness (QED) is 0.677. The molecule has 0 bridgehead atoms. The molecule has 0 atom stereocenters. The van der Waals surface area contributed by atoms with E-state index in [1.165, 1.54) is 5.56 Å². The highest BCUT2D eigenvalue weighted by Crippen LogP contribution is 2.32. The van der Waals surface area contributed by atoms with E-state index in [9.17, 15) is 8.42 Å². The maximum absolute atomic E-state index is 13.2. The van der Waals surface area contributed by atoms with Crippen molar-refractivity contribution in [1.29, 1.82) is 0 Å². The highest BCUT2D eigenvalue weighted by Gasteiger charge is 2.22. The maximum atomic E-state index is 13.2. The first kappa shape index (κ1) is 18.7. The largest absolute Gasteiger partial charge is 0.356 e. The van der Waals surface area contributed by atoms with Gasteiger partial charge in [0, 0.05) is 11.1 Å². The van der Waals surface area contributed by atoms with Gasteiger partial charge in [-0.2, -0.15) is 0 Å². The van der Waals surface area contributed by atoms with E-state index >= 15 is 0 Å². The molecule has 1 aliphatic rings. The summed E-state index contributed by atoms with van der Waals surface area (Å²) in [5, 5.41) is 3.98. The Balaban J connectivity index is 1.74. The lowest BCUT2D eigenvalue weighted by molar-refractivity contribution is 0.427. The molecule has 146 valence electrons. The van der Waals surface area contributed by atoms with Gasteiger partial charge in [-0.15, -0.1) is 0 Å². The monoisotopic (exact) mass is 396 g/mol. The molecule has 0 amide bonds. The number of nitrogens with zero attached hydrogens (tertiary/aromatic N) is 1. The van der Waals surface area contributed by atoms with Crippen LogP contribution in [0.5, 0.6) is 0 Å². The molecule has 4 rings (SSSR count). The number of hydrogen-bond donors (Lipinski definition) is 1. The van der Waals surface area contributed by atoms with Gasteiger partial charge in [-0.1, -0.05) is 29.4 Å². The van der Waals surface area contributed by atoms with Gasteiger partial charge < -0.3 is 4.52 Å². The summed E-state index contributed by atoms with van der Waals surface area (Å²) in [6.45, 7) is 5.59. The van der Waals surface area contributed by atoms with E-state index in [1.54, 1.807) is 13.0 Å². The van der Waals surface area contributed by atoms with Gasteiger partial charge in [0.1, 0.15) is 0 Å². The van der Waals surface area contributed by atoms with Gasteiger partial charge in [0.25, 0.3) is 10.0 Å². The predicted molar refractivity (Wildman–Crippen MR) is 110 cm³/mol. The fourth-order valence-corrected chi connectivity index (χ4v) is 5.16. The Morgan fingerprint density at radius 3 is 2.57 bits per heavy atom. The summed E-state index contributed by atoms with van der Waals surface area (Å²) in [6, 6.07) is 11.2. The zero-order valence-electron chi connectivity index (χ0n) is 16.4. The SMILES string of the molecule is Cc1ccc(-c2onc(C)c2C)cc1S(=O)(=O)Nc1cccc2c1CCCC2. The molecule has 0 saturated carbocycles. The molecule has 0 unspecified atom stereocenters. The molecule has 0 saturated heterocycles. The molecule has 6 heteroatoms. The van der Waals surface area contributed by atoms with Crippen molar-refractivity contribution in [3.8, 4) is 11.3 Å². The smallest absolute Gasteiger partial charge is 0.262 e. The fourth-order valence-electron chi connectivity index (χ4n) is 3.79. The third-order valence-corrected chi connectivity index (χ3v) is 7.04. The summed E-state index contributed by atoms with van der Waals surface area (Å²) >= 11 is 0. The third kappa shape index (κ3) is 3.33. The first-order chi connectivity index (χ1) is 13.4. The van der Waals surface area contributed by atoms with Crippen LogP contribution in [-0.4, -0.2) is 13.6 Å². The molecule has 0 radical (unpaired) electrons. The van der Waals surface area contributed by atoms with E-state index in [1.807, 2.05) is 38.1 Å². The van der Waals surface area contributed by atoms with Crippen LogP contribution in [-0.2, 0) is 22.9 Å². The van der Waals surface area contributed by atoms with Crippen LogP contribution >= 0.6 is 0 Å². The maximum Gasteiger partial charge on any atom is 0.262 e. The average molecular weight is 397 g/mol. The van der Waals surface area contributed by atoms with Crippen LogP contribution in [0, 0.1) is 20.8 Å². The Kier molecular flexibility index (Phi) is 4.75. The van der Waals surface area contributed by atoms with Crippen molar-refractivity contribution in [2.75, 3.05) is 4.72 Å². The van der Waals surface area contributed by atoms with Crippen LogP contribution in [0.1, 0.15) is 40.8 Å². The highest BCUT2D eigenvalue weighted by molar-refractivity contribution is 7.92. The number of aryl methyl sites for hydroxylation is 3. The van der Waals surface area contributed by atoms with Gasteiger partial charge in [0.15, 0.2) is 5.76 Å². The summed E-state index contributed by atoms with van der Waals surface area (Å²) in [7, 11) is -3.73. The summed E-state index contributed by atoms with van der Waals surface area (Å²) in [4.78, 5) is 0.256. The van der Waals surface area contributed by atoms with Crippen LogP contribution in [0.2, 0.25) is 0 Å². The van der Waals surface area contributed by atoms with Crippen LogP contribution < -0.4 is 4.72 Å². The Bertz CT molecular complexity index is 1150. The fraction of sp³-hybridized carbons (Fsp3) is 0.318. The van der Waals surface area contributed by atoms with Crippen molar-refractivity contribution in [2.45, 2.75) is 51.3 Å². The summed E-state index contributed by atoms with van der Waals surface area (Å²) in [6.07, 6.45) is 4.15. The third-order valence-electron chi connectivity index (χ3n) is 5.54. The minimum Gasteiger partial charge on any atom is -0.356 e. The normalized spacial score (nSPS) is 14.0. The summed E-state index contributed by atoms with van der Waals surface area (Å²) in [5.41, 5.74) is 6.16. The standard InChI is InChI=1S/C22H24N2O3S/c1-14-11-12-18(22-15(2)16(3)23-27-22)13-21(14)28(25,26)24-20-10-6-8-17-7-4-5-9-19(17)20/h6,8,10-13,24H,4-5,7,9H2,1-3H3. The number of rotatable bonds is 4. The molecule has 0 spiro atoms. The Labute approximate surface area is 165 Å². The number of hydrogen-bond acceptors (Lipinski definition) is 4. The van der Waals surface area contributed by atoms with Gasteiger partial charge in [-0.3, -0.25) is 4.72 Å². The average Bonchev–Trinajstić information content (AvgIpc) is 3.01. The molecule has 28 heavy (non-hydrogen) atoms. The molecule has 1 heterocycles. The van der Waals surface area contributed by atoms with Crippen LogP contribution in [0.25, 0.3) is 11.3 Å². The van der Waals surface area contributed by atoms with Gasteiger partial charge in [0.2, 0.25) is 0 Å². The number of sulfonamides is 1. The molecule has 1 N–H and O–H groups in total. The Hall–Kier alpha value is -2.60. The van der Waals surface area contributed by atoms with Crippen molar-refractivity contribution in [1.82, 2.24) is 5.16 Å². The van der Waals surface area contributed by atoms with Crippen molar-refractivity contribution in [2.24, 2.45) is 0 Å². The topological polar surface area (TPSA) is 72.2 Å². The van der Waals surface area contributed by atoms with E-state index in [0.717, 1.165) is 42.5 Å². The predicted octanol–water partition coefficient (Wildman–Crippen LogP) is 4.95. The lowest BCUT2D eigenvalue weighted by atomic mass is 9.91. The van der Waals surface area contributed by atoms with Crippen molar-refractivity contribution in [3.63, 3.8) is 0 Å². The van der Waals surface area contributed by atoms with Crippen LogP contribution in [0.3, 0.4) is 0 Å². The first-order valence-electron chi connectivity index (χ1n) is 9.54. The highest BCUT2D eigenvalue weighted by atomic mass is 32.2. The molecule has 0 aliphatic heterocycles. The number of fused-ring (bicyclic) bond motifs is 1. The van der Waals surface area contributed by atoms with Crippen molar-refractivity contribution >= 4 is 15.7 Å². The number of nitrogens with one attached hydrogen (secondary N) is 1. The first-order valence-corrected chi connectivity index (χ1v) is 11.0. The molecule has 5 nitrogen and oxygen atoms in total. The molecular formula is C22H24N2O3S. The lowest BCUT2D eigenvalue weighted by Gasteiger charge is -2.20. The molecule has 1 aromatic heterocycles. The van der Waals surface area contributed by atoms with Gasteiger partial charge in [-0.25, -0.2) is 8.42 Å². The second kappa shape index (κ2) is 7.09. The molecule has 3 aromatic rings. The van der Waals surface area contributed by atoms with E-state index in [2.05, 4.69) is 15.9 Å². The minimum absolute atomic E-state index is 0.256. The van der Waals surface area contributed by atoms with Gasteiger partial charge in [-0.05, 0) is 75.3 Å². The van der Waals surface area contributed by atoms with Gasteiger partial charge in [0.05, 0.1) is 16.3 Å². The zero-order valence-corrected chi connectivity index (χ0v) is 17.2. The minimum atomic E-state index is -3.73. The Morgan fingerprint density at radius 2 is 1.82 bits per heavy atom. The van der Waals surface area contributed by atoms with E-state index in [0.29, 0.717) is 22.6 Å². The van der Waals surface area contributed by atoms with Crippen molar-refractivity contribution < 1.29 is 12.9 Å². The second-order valence-electron chi connectivity index (χ2n) is 7.46. The Morgan fingerprint density at radius 1 is 1.04 bits per heavy atom. The van der Waals surface area contributed by atoms with E-state index in [-0.39, 0.29) is 4.90 Å². The number of anilines is 1. The zero-order chi connectivity index (χ0) is 19.9. The van der Waals surface area contributed by atoms with Crippen LogP contribution in [0.4, 0.5) is 5.69 Å². The molecule has 2 aromatic carbocycles. The number of benzene rings is 2. The molecular weight excluding hydrogens is 372 g/mol. The lowest BCUT2D eigenvalue weighted by Crippen LogP contribution is -2.17. The summed E-state index contributed by atoms with van der Waals surface area (Å²) < 4.78 is 34.7. The molecule has 0 fully saturated rings. The molecule has 1 aliphatic carbocycles. The van der Waals surface area contributed by atoms with Crippen LogP contribution in [0.15, 0.2) is 45.8 Å². The van der Waals surface area contributed by atoms with E-state index in [4.69, 9.17) is 4.52 Å². The van der Waals surface area contributed by atoms with Crippen molar-refractivity contribution in [3.05, 3.63) is 64.3 Å².